The normalized spacial score (nSPS) is 19.6. The number of carbonyl (C=O) groups is 2. The van der Waals surface area contributed by atoms with Gasteiger partial charge in [-0.3, -0.25) is 4.79 Å². The molecule has 2 aromatic heterocycles. The molecule has 9 nitrogen and oxygen atoms in total. The zero-order valence-corrected chi connectivity index (χ0v) is 18.8. The number of imidazole rings is 1. The summed E-state index contributed by atoms with van der Waals surface area (Å²) in [6, 6.07) is -0.165. The van der Waals surface area contributed by atoms with Gasteiger partial charge in [0.15, 0.2) is 11.0 Å². The fourth-order valence-corrected chi connectivity index (χ4v) is 4.87. The second-order valence-corrected chi connectivity index (χ2v) is 8.51. The van der Waals surface area contributed by atoms with Crippen molar-refractivity contribution in [2.45, 2.75) is 38.8 Å². The van der Waals surface area contributed by atoms with E-state index in [1.54, 1.807) is 14.0 Å². The molecule has 0 radical (unpaired) electrons. The molecule has 0 bridgehead atoms. The number of carbonyl (C=O) groups excluding carboxylic acids is 1. The van der Waals surface area contributed by atoms with Crippen LogP contribution in [0.4, 0.5) is 5.13 Å². The van der Waals surface area contributed by atoms with Gasteiger partial charge in [0.2, 0.25) is 0 Å². The zero-order valence-electron chi connectivity index (χ0n) is 15.8. The highest BCUT2D eigenvalue weighted by molar-refractivity contribution is 14.1. The topological polar surface area (TPSA) is 120 Å². The average Bonchev–Trinajstić information content (AvgIpc) is 3.24. The van der Waals surface area contributed by atoms with Gasteiger partial charge in [-0.1, -0.05) is 18.3 Å². The monoisotopic (exact) mass is 519 g/mol. The molecule has 2 atom stereocenters. The maximum absolute atomic E-state index is 12.6. The van der Waals surface area contributed by atoms with E-state index in [1.165, 1.54) is 0 Å². The number of hydrogen-bond donors (Lipinski definition) is 3. The van der Waals surface area contributed by atoms with Crippen LogP contribution < -0.4 is 10.2 Å². The summed E-state index contributed by atoms with van der Waals surface area (Å²) in [7, 11) is 1.61. The summed E-state index contributed by atoms with van der Waals surface area (Å²) < 4.78 is 6.40. The first-order valence-corrected chi connectivity index (χ1v) is 10.8. The minimum absolute atomic E-state index is 0.165. The van der Waals surface area contributed by atoms with Gasteiger partial charge in [-0.05, 0) is 42.4 Å². The van der Waals surface area contributed by atoms with Gasteiger partial charge in [-0.15, -0.1) is 0 Å². The lowest BCUT2D eigenvalue weighted by molar-refractivity contribution is 0.0538. The highest BCUT2D eigenvalue weighted by atomic mass is 127. The van der Waals surface area contributed by atoms with Crippen LogP contribution in [0.2, 0.25) is 0 Å². The maximum Gasteiger partial charge on any atom is 0.347 e. The van der Waals surface area contributed by atoms with Crippen molar-refractivity contribution < 1.29 is 19.4 Å². The Kier molecular flexibility index (Phi) is 6.55. The highest BCUT2D eigenvalue weighted by Gasteiger charge is 2.33. The number of thiazole rings is 1. The molecule has 2 aromatic rings. The number of aromatic amines is 1. The van der Waals surface area contributed by atoms with Crippen molar-refractivity contribution in [3.63, 3.8) is 0 Å². The van der Waals surface area contributed by atoms with Crippen molar-refractivity contribution >= 4 is 50.9 Å². The lowest BCUT2D eigenvalue weighted by atomic mass is 10.0. The number of aryl methyl sites for hydroxylation is 2. The van der Waals surface area contributed by atoms with Gasteiger partial charge in [-0.25, -0.2) is 14.8 Å². The third kappa shape index (κ3) is 4.30. The van der Waals surface area contributed by atoms with Crippen LogP contribution in [0, 0.1) is 10.6 Å². The SMILES string of the molecule is CCc1[nH]c(C(=O)NC2CCN(c3nc(C)c(C(=O)O)s3)C[C@@H]2OC)nc1I. The van der Waals surface area contributed by atoms with E-state index >= 15 is 0 Å². The maximum atomic E-state index is 12.6. The van der Waals surface area contributed by atoms with Gasteiger partial charge in [0.05, 0.1) is 17.8 Å². The van der Waals surface area contributed by atoms with Crippen LogP contribution >= 0.6 is 33.9 Å². The number of aromatic nitrogens is 3. The first kappa shape index (κ1) is 21.0. The number of nitrogens with zero attached hydrogens (tertiary/aromatic N) is 3. The van der Waals surface area contributed by atoms with E-state index in [1.807, 2.05) is 11.8 Å². The number of piperidine rings is 1. The third-order valence-corrected chi connectivity index (χ3v) is 6.82. The molecule has 1 aliphatic heterocycles. The van der Waals surface area contributed by atoms with Gasteiger partial charge in [0.25, 0.3) is 5.91 Å². The van der Waals surface area contributed by atoms with E-state index in [9.17, 15) is 14.7 Å². The van der Waals surface area contributed by atoms with E-state index in [-0.39, 0.29) is 22.9 Å². The highest BCUT2D eigenvalue weighted by Crippen LogP contribution is 2.29. The predicted octanol–water partition coefficient (Wildman–Crippen LogP) is 2.06. The summed E-state index contributed by atoms with van der Waals surface area (Å²) in [4.78, 5) is 37.8. The van der Waals surface area contributed by atoms with Gasteiger partial charge in [-0.2, -0.15) is 0 Å². The van der Waals surface area contributed by atoms with E-state index in [2.05, 4.69) is 42.9 Å². The Hall–Kier alpha value is -1.73. The Balaban J connectivity index is 1.68. The number of aromatic carboxylic acids is 1. The first-order chi connectivity index (χ1) is 13.3. The van der Waals surface area contributed by atoms with Crippen molar-refractivity contribution in [1.82, 2.24) is 20.3 Å². The van der Waals surface area contributed by atoms with E-state index < -0.39 is 5.97 Å². The van der Waals surface area contributed by atoms with Crippen LogP contribution in [0.5, 0.6) is 0 Å². The Morgan fingerprint density at radius 2 is 2.21 bits per heavy atom. The molecule has 3 heterocycles. The standard InChI is InChI=1S/C17H22IN5O4S/c1-4-9-13(18)22-14(20-9)15(24)21-10-5-6-23(7-11(10)27-3)17-19-8(2)12(28-17)16(25)26/h10-11H,4-7H2,1-3H3,(H,20,22)(H,21,24)(H,25,26)/t10?,11-/m0/s1. The third-order valence-electron chi connectivity index (χ3n) is 4.73. The van der Waals surface area contributed by atoms with Crippen LogP contribution in [0.15, 0.2) is 0 Å². The minimum atomic E-state index is -0.966. The van der Waals surface area contributed by atoms with E-state index in [4.69, 9.17) is 4.74 Å². The zero-order chi connectivity index (χ0) is 20.4. The van der Waals surface area contributed by atoms with Crippen LogP contribution in [-0.4, -0.2) is 64.3 Å². The molecule has 1 fully saturated rings. The first-order valence-electron chi connectivity index (χ1n) is 8.87. The number of carboxylic acid groups (broad SMARTS) is 1. The molecular weight excluding hydrogens is 497 g/mol. The molecule has 1 aliphatic rings. The quantitative estimate of drug-likeness (QED) is 0.500. The smallest absolute Gasteiger partial charge is 0.347 e. The summed E-state index contributed by atoms with van der Waals surface area (Å²) >= 11 is 3.28. The molecule has 1 saturated heterocycles. The number of hydrogen-bond acceptors (Lipinski definition) is 7. The molecule has 1 unspecified atom stereocenters. The van der Waals surface area contributed by atoms with Gasteiger partial charge >= 0.3 is 5.97 Å². The van der Waals surface area contributed by atoms with Crippen LogP contribution in [0.1, 0.15) is 45.0 Å². The number of nitrogens with one attached hydrogen (secondary N) is 2. The Morgan fingerprint density at radius 1 is 1.46 bits per heavy atom. The van der Waals surface area contributed by atoms with Crippen LogP contribution in [0.3, 0.4) is 0 Å². The Labute approximate surface area is 180 Å². The largest absolute Gasteiger partial charge is 0.477 e. The molecule has 0 aliphatic carbocycles. The molecular formula is C17H22IN5O4S. The fraction of sp³-hybridized carbons (Fsp3) is 0.529. The number of ether oxygens (including phenoxy) is 1. The van der Waals surface area contributed by atoms with Crippen molar-refractivity contribution in [2.24, 2.45) is 0 Å². The molecule has 28 heavy (non-hydrogen) atoms. The summed E-state index contributed by atoms with van der Waals surface area (Å²) in [5, 5.41) is 12.9. The molecule has 3 rings (SSSR count). The fourth-order valence-electron chi connectivity index (χ4n) is 3.18. The number of anilines is 1. The molecule has 0 aromatic carbocycles. The molecule has 11 heteroatoms. The number of halogens is 1. The molecule has 0 spiro atoms. The van der Waals surface area contributed by atoms with Gasteiger partial charge in [0, 0.05) is 25.9 Å². The number of rotatable bonds is 6. The minimum Gasteiger partial charge on any atom is -0.477 e. The van der Waals surface area contributed by atoms with Crippen molar-refractivity contribution in [2.75, 3.05) is 25.1 Å². The van der Waals surface area contributed by atoms with Gasteiger partial charge in [0.1, 0.15) is 8.58 Å². The lowest BCUT2D eigenvalue weighted by Gasteiger charge is -2.37. The number of H-pyrrole nitrogens is 1. The number of methoxy groups -OCH3 is 1. The average molecular weight is 519 g/mol. The summed E-state index contributed by atoms with van der Waals surface area (Å²) in [6.07, 6.45) is 1.20. The summed E-state index contributed by atoms with van der Waals surface area (Å²) in [5.74, 6) is -0.914. The van der Waals surface area contributed by atoms with Crippen molar-refractivity contribution in [3.8, 4) is 0 Å². The Morgan fingerprint density at radius 3 is 2.79 bits per heavy atom. The van der Waals surface area contributed by atoms with Crippen molar-refractivity contribution in [3.05, 3.63) is 25.8 Å². The van der Waals surface area contributed by atoms with Crippen LogP contribution in [-0.2, 0) is 11.2 Å². The van der Waals surface area contributed by atoms with E-state index in [0.29, 0.717) is 36.2 Å². The van der Waals surface area contributed by atoms with Crippen LogP contribution in [0.25, 0.3) is 0 Å². The number of amides is 1. The second kappa shape index (κ2) is 8.74. The van der Waals surface area contributed by atoms with Crippen molar-refractivity contribution in [1.29, 1.82) is 0 Å². The predicted molar refractivity (Wildman–Crippen MR) is 113 cm³/mol. The molecule has 0 saturated carbocycles. The van der Waals surface area contributed by atoms with E-state index in [0.717, 1.165) is 27.2 Å². The summed E-state index contributed by atoms with van der Waals surface area (Å²) in [6.45, 7) is 4.86. The molecule has 1 amide bonds. The summed E-state index contributed by atoms with van der Waals surface area (Å²) in [5.41, 5.74) is 1.45. The Bertz CT molecular complexity index is 883. The number of carboxylic acids is 1. The molecule has 3 N–H and O–H groups in total. The molecule has 152 valence electrons. The van der Waals surface area contributed by atoms with Gasteiger partial charge < -0.3 is 25.0 Å². The lowest BCUT2D eigenvalue weighted by Crippen LogP contribution is -2.55. The second-order valence-electron chi connectivity index (χ2n) is 6.51.